The van der Waals surface area contributed by atoms with Gasteiger partial charge in [-0.05, 0) is 60.4 Å². The molecule has 1 aromatic heterocycles. The van der Waals surface area contributed by atoms with E-state index in [9.17, 15) is 0 Å². The molecule has 0 saturated carbocycles. The van der Waals surface area contributed by atoms with Crippen LogP contribution >= 0.6 is 0 Å². The number of benzene rings is 3. The summed E-state index contributed by atoms with van der Waals surface area (Å²) in [6.07, 6.45) is 0.963. The highest BCUT2D eigenvalue weighted by Crippen LogP contribution is 2.43. The van der Waals surface area contributed by atoms with Gasteiger partial charge in [0.25, 0.3) is 0 Å². The van der Waals surface area contributed by atoms with Gasteiger partial charge in [-0.15, -0.1) is 0 Å². The van der Waals surface area contributed by atoms with Crippen LogP contribution < -0.4 is 19.5 Å². The van der Waals surface area contributed by atoms with E-state index in [-0.39, 0.29) is 12.0 Å². The van der Waals surface area contributed by atoms with Crippen molar-refractivity contribution in [2.75, 3.05) is 26.9 Å². The van der Waals surface area contributed by atoms with Gasteiger partial charge in [0.2, 0.25) is 0 Å². The molecule has 5 nitrogen and oxygen atoms in total. The van der Waals surface area contributed by atoms with E-state index in [2.05, 4.69) is 71.8 Å². The topological polar surface area (TPSA) is 55.5 Å². The smallest absolute Gasteiger partial charge is 0.161 e. The van der Waals surface area contributed by atoms with Gasteiger partial charge in [0.15, 0.2) is 11.5 Å². The minimum atomic E-state index is 0.0623. The number of aromatic amines is 1. The lowest BCUT2D eigenvalue weighted by atomic mass is 9.83. The molecule has 2 heterocycles. The highest BCUT2D eigenvalue weighted by atomic mass is 16.5. The van der Waals surface area contributed by atoms with Gasteiger partial charge in [-0.1, -0.05) is 43.3 Å². The van der Waals surface area contributed by atoms with Gasteiger partial charge in [-0.3, -0.25) is 0 Å². The van der Waals surface area contributed by atoms with Crippen LogP contribution in [0.1, 0.15) is 54.6 Å². The van der Waals surface area contributed by atoms with Crippen molar-refractivity contribution >= 4 is 10.9 Å². The molecule has 4 aromatic rings. The predicted molar refractivity (Wildman–Crippen MR) is 136 cm³/mol. The monoisotopic (exact) mass is 456 g/mol. The van der Waals surface area contributed by atoms with E-state index in [4.69, 9.17) is 14.2 Å². The number of H-pyrrole nitrogens is 1. The van der Waals surface area contributed by atoms with Crippen LogP contribution in [0.4, 0.5) is 0 Å². The molecule has 0 saturated heterocycles. The third-order valence-electron chi connectivity index (χ3n) is 6.50. The van der Waals surface area contributed by atoms with Crippen molar-refractivity contribution in [3.8, 4) is 17.2 Å². The second-order valence-electron chi connectivity index (χ2n) is 8.66. The first-order valence-electron chi connectivity index (χ1n) is 12.1. The fourth-order valence-corrected chi connectivity index (χ4v) is 4.96. The van der Waals surface area contributed by atoms with E-state index in [1.165, 1.54) is 27.8 Å². The fraction of sp³-hybridized carbons (Fsp3) is 0.310. The van der Waals surface area contributed by atoms with Gasteiger partial charge in [0.1, 0.15) is 5.75 Å². The molecule has 2 unspecified atom stereocenters. The predicted octanol–water partition coefficient (Wildman–Crippen LogP) is 6.19. The summed E-state index contributed by atoms with van der Waals surface area (Å²) in [6, 6.07) is 23.3. The lowest BCUT2D eigenvalue weighted by Crippen LogP contribution is -2.34. The third-order valence-corrected chi connectivity index (χ3v) is 6.50. The number of aromatic nitrogens is 1. The summed E-state index contributed by atoms with van der Waals surface area (Å²) in [4.78, 5) is 3.72. The number of fused-ring (bicyclic) bond motifs is 3. The van der Waals surface area contributed by atoms with Crippen molar-refractivity contribution in [2.24, 2.45) is 0 Å². The average Bonchev–Trinajstić information content (AvgIpc) is 3.27. The molecule has 0 radical (unpaired) electrons. The summed E-state index contributed by atoms with van der Waals surface area (Å²) < 4.78 is 17.4. The highest BCUT2D eigenvalue weighted by molar-refractivity contribution is 5.86. The molecule has 0 aliphatic carbocycles. The van der Waals surface area contributed by atoms with Gasteiger partial charge in [0.05, 0.1) is 26.4 Å². The third kappa shape index (κ3) is 4.12. The Morgan fingerprint density at radius 3 is 2.59 bits per heavy atom. The van der Waals surface area contributed by atoms with Crippen LogP contribution in [0.25, 0.3) is 10.9 Å². The molecule has 5 heteroatoms. The second-order valence-corrected chi connectivity index (χ2v) is 8.66. The van der Waals surface area contributed by atoms with E-state index in [0.717, 1.165) is 35.7 Å². The Hall–Kier alpha value is -3.44. The van der Waals surface area contributed by atoms with E-state index < -0.39 is 0 Å². The fourth-order valence-electron chi connectivity index (χ4n) is 4.96. The molecule has 2 N–H and O–H groups in total. The van der Waals surface area contributed by atoms with Crippen LogP contribution in [0, 0.1) is 0 Å². The van der Waals surface area contributed by atoms with Crippen molar-refractivity contribution in [3.05, 3.63) is 89.1 Å². The molecule has 5 rings (SSSR count). The number of hydrogen-bond acceptors (Lipinski definition) is 4. The van der Waals surface area contributed by atoms with Crippen LogP contribution in [0.5, 0.6) is 17.2 Å². The Morgan fingerprint density at radius 2 is 1.76 bits per heavy atom. The lowest BCUT2D eigenvalue weighted by Gasteiger charge is -2.32. The Morgan fingerprint density at radius 1 is 0.882 bits per heavy atom. The average molecular weight is 457 g/mol. The molecule has 2 atom stereocenters. The van der Waals surface area contributed by atoms with Gasteiger partial charge in [-0.25, -0.2) is 0 Å². The van der Waals surface area contributed by atoms with Crippen molar-refractivity contribution in [1.29, 1.82) is 0 Å². The summed E-state index contributed by atoms with van der Waals surface area (Å²) in [6.45, 7) is 6.22. The van der Waals surface area contributed by atoms with Gasteiger partial charge < -0.3 is 24.5 Å². The first-order chi connectivity index (χ1) is 16.7. The Labute approximate surface area is 201 Å². The molecular formula is C29H32N2O3. The molecule has 0 amide bonds. The van der Waals surface area contributed by atoms with Crippen LogP contribution in [-0.2, 0) is 0 Å². The molecule has 0 spiro atoms. The second kappa shape index (κ2) is 9.82. The van der Waals surface area contributed by atoms with Crippen LogP contribution in [-0.4, -0.2) is 31.9 Å². The zero-order valence-electron chi connectivity index (χ0n) is 20.1. The normalized spacial score (nSPS) is 17.4. The minimum Gasteiger partial charge on any atom is -0.497 e. The SMILES string of the molecule is CCCOc1ccc(C2CNC(c3cccc(OC)c3)c3[nH]c4ccccc4c32)cc1OCC. The van der Waals surface area contributed by atoms with E-state index in [1.54, 1.807) is 7.11 Å². The lowest BCUT2D eigenvalue weighted by molar-refractivity contribution is 0.276. The van der Waals surface area contributed by atoms with Crippen LogP contribution in [0.15, 0.2) is 66.7 Å². The molecule has 0 fully saturated rings. The van der Waals surface area contributed by atoms with Gasteiger partial charge in [0, 0.05) is 29.1 Å². The van der Waals surface area contributed by atoms with Crippen molar-refractivity contribution in [1.82, 2.24) is 10.3 Å². The molecule has 176 valence electrons. The maximum Gasteiger partial charge on any atom is 0.161 e. The summed E-state index contributed by atoms with van der Waals surface area (Å²) in [5.74, 6) is 2.67. The van der Waals surface area contributed by atoms with E-state index in [1.807, 2.05) is 19.1 Å². The highest BCUT2D eigenvalue weighted by Gasteiger charge is 2.33. The number of nitrogens with one attached hydrogen (secondary N) is 2. The number of ether oxygens (including phenoxy) is 3. The van der Waals surface area contributed by atoms with Crippen LogP contribution in [0.2, 0.25) is 0 Å². The van der Waals surface area contributed by atoms with Crippen LogP contribution in [0.3, 0.4) is 0 Å². The Balaban J connectivity index is 1.60. The minimum absolute atomic E-state index is 0.0623. The summed E-state index contributed by atoms with van der Waals surface area (Å²) in [7, 11) is 1.71. The standard InChI is InChI=1S/C29H32N2O3/c1-4-15-34-25-14-13-19(17-26(25)33-5-2)23-18-30-28(20-9-8-10-21(16-20)32-3)29-27(23)22-11-6-7-12-24(22)31-29/h6-14,16-17,23,28,30-31H,4-5,15,18H2,1-3H3. The van der Waals surface area contributed by atoms with Crippen molar-refractivity contribution in [2.45, 2.75) is 32.2 Å². The molecule has 1 aliphatic rings. The summed E-state index contributed by atoms with van der Waals surface area (Å²) >= 11 is 0. The number of hydrogen-bond donors (Lipinski definition) is 2. The number of para-hydroxylation sites is 1. The van der Waals surface area contributed by atoms with Gasteiger partial charge in [-0.2, -0.15) is 0 Å². The molecule has 0 bridgehead atoms. The first-order valence-corrected chi connectivity index (χ1v) is 12.1. The zero-order chi connectivity index (χ0) is 23.5. The van der Waals surface area contributed by atoms with Crippen molar-refractivity contribution < 1.29 is 14.2 Å². The van der Waals surface area contributed by atoms with E-state index >= 15 is 0 Å². The molecule has 3 aromatic carbocycles. The largest absolute Gasteiger partial charge is 0.497 e. The maximum atomic E-state index is 5.97. The molecular weight excluding hydrogens is 424 g/mol. The summed E-state index contributed by atoms with van der Waals surface area (Å²) in [5.41, 5.74) is 6.10. The molecule has 1 aliphatic heterocycles. The number of methoxy groups -OCH3 is 1. The maximum absolute atomic E-state index is 5.97. The first kappa shape index (κ1) is 22.4. The molecule has 34 heavy (non-hydrogen) atoms. The van der Waals surface area contributed by atoms with Gasteiger partial charge >= 0.3 is 0 Å². The van der Waals surface area contributed by atoms with Crippen molar-refractivity contribution in [3.63, 3.8) is 0 Å². The Bertz CT molecular complexity index is 1280. The quantitative estimate of drug-likeness (QED) is 0.332. The summed E-state index contributed by atoms with van der Waals surface area (Å²) in [5, 5.41) is 5.06. The van der Waals surface area contributed by atoms with E-state index in [0.29, 0.717) is 13.2 Å². The zero-order valence-corrected chi connectivity index (χ0v) is 20.1. The number of rotatable bonds is 8. The Kier molecular flexibility index (Phi) is 6.45.